The molecule has 2 aromatic rings. The quantitative estimate of drug-likeness (QED) is 0.451. The van der Waals surface area contributed by atoms with Gasteiger partial charge in [-0.15, -0.1) is 0 Å². The predicted octanol–water partition coefficient (Wildman–Crippen LogP) is 3.70. The van der Waals surface area contributed by atoms with Crippen molar-refractivity contribution >= 4 is 12.0 Å². The lowest BCUT2D eigenvalue weighted by Crippen LogP contribution is -2.08. The Labute approximate surface area is 146 Å². The monoisotopic (exact) mass is 337 g/mol. The summed E-state index contributed by atoms with van der Waals surface area (Å²) in [7, 11) is 0. The average Bonchev–Trinajstić information content (AvgIpc) is 2.64. The predicted molar refractivity (Wildman–Crippen MR) is 94.5 cm³/mol. The average molecular weight is 337 g/mol. The van der Waals surface area contributed by atoms with E-state index in [2.05, 4.69) is 6.92 Å². The van der Waals surface area contributed by atoms with Crippen LogP contribution in [0.5, 0.6) is 11.5 Å². The molecule has 0 bridgehead atoms. The number of hydrogen-bond donors (Lipinski definition) is 1. The van der Waals surface area contributed by atoms with Crippen LogP contribution in [0.1, 0.15) is 18.1 Å². The lowest BCUT2D eigenvalue weighted by molar-refractivity contribution is -0.132. The van der Waals surface area contributed by atoms with Gasteiger partial charge in [-0.25, -0.2) is 4.79 Å². The van der Waals surface area contributed by atoms with E-state index in [0.29, 0.717) is 24.5 Å². The fourth-order valence-electron chi connectivity index (χ4n) is 2.11. The van der Waals surface area contributed by atoms with Crippen LogP contribution in [-0.4, -0.2) is 24.3 Å². The summed E-state index contributed by atoms with van der Waals surface area (Å²) in [5, 5.41) is 17.6. The Bertz CT molecular complexity index is 771. The Morgan fingerprint density at radius 1 is 1.04 bits per heavy atom. The van der Waals surface area contributed by atoms with Gasteiger partial charge < -0.3 is 14.6 Å². The number of nitriles is 1. The van der Waals surface area contributed by atoms with Crippen molar-refractivity contribution in [2.75, 3.05) is 13.2 Å². The Morgan fingerprint density at radius 2 is 1.56 bits per heavy atom. The van der Waals surface area contributed by atoms with Gasteiger partial charge in [0.2, 0.25) is 0 Å². The van der Waals surface area contributed by atoms with Crippen LogP contribution in [0.15, 0.2) is 54.1 Å². The molecule has 0 aliphatic heterocycles. The Morgan fingerprint density at radius 3 is 2.00 bits per heavy atom. The summed E-state index contributed by atoms with van der Waals surface area (Å²) >= 11 is 0. The van der Waals surface area contributed by atoms with Gasteiger partial charge in [0.15, 0.2) is 0 Å². The molecule has 128 valence electrons. The van der Waals surface area contributed by atoms with Gasteiger partial charge >= 0.3 is 5.97 Å². The first-order valence-corrected chi connectivity index (χ1v) is 7.92. The SMILES string of the molecule is CCc1ccc(OCCOc2ccc(C=C(C#N)C(=O)O)cc2)cc1. The van der Waals surface area contributed by atoms with Crippen LogP contribution in [0.25, 0.3) is 6.08 Å². The molecule has 2 rings (SSSR count). The van der Waals surface area contributed by atoms with Crippen LogP contribution in [0.4, 0.5) is 0 Å². The van der Waals surface area contributed by atoms with Gasteiger partial charge in [-0.1, -0.05) is 31.2 Å². The number of carbonyl (C=O) groups is 1. The third-order valence-corrected chi connectivity index (χ3v) is 3.49. The molecule has 2 aromatic carbocycles. The zero-order chi connectivity index (χ0) is 18.1. The highest BCUT2D eigenvalue weighted by Crippen LogP contribution is 2.15. The van der Waals surface area contributed by atoms with E-state index in [1.54, 1.807) is 30.3 Å². The van der Waals surface area contributed by atoms with E-state index in [4.69, 9.17) is 19.8 Å². The van der Waals surface area contributed by atoms with E-state index in [0.717, 1.165) is 12.2 Å². The van der Waals surface area contributed by atoms with Crippen molar-refractivity contribution in [1.82, 2.24) is 0 Å². The molecule has 0 saturated heterocycles. The van der Waals surface area contributed by atoms with Gasteiger partial charge in [0, 0.05) is 0 Å². The van der Waals surface area contributed by atoms with E-state index >= 15 is 0 Å². The number of ether oxygens (including phenoxy) is 2. The molecule has 5 heteroatoms. The number of carboxylic acid groups (broad SMARTS) is 1. The van der Waals surface area contributed by atoms with Gasteiger partial charge in [-0.2, -0.15) is 5.26 Å². The lowest BCUT2D eigenvalue weighted by atomic mass is 10.1. The summed E-state index contributed by atoms with van der Waals surface area (Å²) < 4.78 is 11.2. The van der Waals surface area contributed by atoms with Crippen molar-refractivity contribution in [3.63, 3.8) is 0 Å². The zero-order valence-corrected chi connectivity index (χ0v) is 13.9. The number of rotatable bonds is 8. The highest BCUT2D eigenvalue weighted by Gasteiger charge is 2.05. The number of hydrogen-bond acceptors (Lipinski definition) is 4. The van der Waals surface area contributed by atoms with Gasteiger partial charge in [0.1, 0.15) is 36.4 Å². The zero-order valence-electron chi connectivity index (χ0n) is 13.9. The minimum Gasteiger partial charge on any atom is -0.490 e. The van der Waals surface area contributed by atoms with E-state index < -0.39 is 5.97 Å². The number of nitrogens with zero attached hydrogens (tertiary/aromatic N) is 1. The molecule has 5 nitrogen and oxygen atoms in total. The number of aryl methyl sites for hydroxylation is 1. The molecule has 0 heterocycles. The van der Waals surface area contributed by atoms with Crippen molar-refractivity contribution in [2.45, 2.75) is 13.3 Å². The molecule has 0 saturated carbocycles. The van der Waals surface area contributed by atoms with Gasteiger partial charge in [-0.05, 0) is 47.9 Å². The first kappa shape index (κ1) is 18.1. The molecule has 0 atom stereocenters. The van der Waals surface area contributed by atoms with Crippen molar-refractivity contribution < 1.29 is 19.4 Å². The molecule has 0 fully saturated rings. The second-order valence-corrected chi connectivity index (χ2v) is 5.24. The van der Waals surface area contributed by atoms with Gasteiger partial charge in [0.05, 0.1) is 0 Å². The summed E-state index contributed by atoms with van der Waals surface area (Å²) in [5.74, 6) is 0.210. The summed E-state index contributed by atoms with van der Waals surface area (Å²) in [6.45, 7) is 2.92. The van der Waals surface area contributed by atoms with Crippen LogP contribution >= 0.6 is 0 Å². The third-order valence-electron chi connectivity index (χ3n) is 3.49. The fraction of sp³-hybridized carbons (Fsp3) is 0.200. The van der Waals surface area contributed by atoms with Crippen LogP contribution in [0.2, 0.25) is 0 Å². The van der Waals surface area contributed by atoms with Gasteiger partial charge in [0.25, 0.3) is 0 Å². The Balaban J connectivity index is 1.81. The smallest absolute Gasteiger partial charge is 0.346 e. The van der Waals surface area contributed by atoms with Crippen LogP contribution < -0.4 is 9.47 Å². The van der Waals surface area contributed by atoms with E-state index in [-0.39, 0.29) is 5.57 Å². The summed E-state index contributed by atoms with van der Waals surface area (Å²) in [6.07, 6.45) is 2.31. The minimum absolute atomic E-state index is 0.309. The molecule has 1 N–H and O–H groups in total. The van der Waals surface area contributed by atoms with Gasteiger partial charge in [-0.3, -0.25) is 0 Å². The standard InChI is InChI=1S/C20H19NO4/c1-2-15-3-7-18(8-4-15)24-11-12-25-19-9-5-16(6-10-19)13-17(14-21)20(22)23/h3-10,13H,2,11-12H2,1H3,(H,22,23). The van der Waals surface area contributed by atoms with Crippen LogP contribution in [0.3, 0.4) is 0 Å². The van der Waals surface area contributed by atoms with E-state index in [1.807, 2.05) is 24.3 Å². The molecule has 25 heavy (non-hydrogen) atoms. The molecule has 0 unspecified atom stereocenters. The largest absolute Gasteiger partial charge is 0.490 e. The molecular weight excluding hydrogens is 318 g/mol. The van der Waals surface area contributed by atoms with Crippen molar-refractivity contribution in [1.29, 1.82) is 5.26 Å². The maximum Gasteiger partial charge on any atom is 0.346 e. The van der Waals surface area contributed by atoms with Crippen molar-refractivity contribution in [3.05, 3.63) is 65.2 Å². The molecular formula is C20H19NO4. The molecule has 0 radical (unpaired) electrons. The maximum atomic E-state index is 10.8. The number of benzene rings is 2. The lowest BCUT2D eigenvalue weighted by Gasteiger charge is -2.09. The van der Waals surface area contributed by atoms with Crippen molar-refractivity contribution in [2.24, 2.45) is 0 Å². The third kappa shape index (κ3) is 5.70. The first-order valence-electron chi connectivity index (χ1n) is 7.92. The molecule has 0 aromatic heterocycles. The first-order chi connectivity index (χ1) is 12.1. The summed E-state index contributed by atoms with van der Waals surface area (Å²) in [6, 6.07) is 16.4. The van der Waals surface area contributed by atoms with E-state index in [9.17, 15) is 4.79 Å². The Kier molecular flexibility index (Phi) is 6.61. The van der Waals surface area contributed by atoms with Crippen LogP contribution in [0, 0.1) is 11.3 Å². The number of aliphatic carboxylic acids is 1. The van der Waals surface area contributed by atoms with E-state index in [1.165, 1.54) is 11.6 Å². The molecule has 0 aliphatic carbocycles. The second kappa shape index (κ2) is 9.14. The maximum absolute atomic E-state index is 10.8. The highest BCUT2D eigenvalue weighted by atomic mass is 16.5. The Hall–Kier alpha value is -3.26. The molecule has 0 aliphatic rings. The summed E-state index contributed by atoms with van der Waals surface area (Å²) in [4.78, 5) is 10.8. The molecule has 0 spiro atoms. The fourth-order valence-corrected chi connectivity index (χ4v) is 2.11. The van der Waals surface area contributed by atoms with Crippen molar-refractivity contribution in [3.8, 4) is 17.6 Å². The molecule has 0 amide bonds. The minimum atomic E-state index is -1.24. The van der Waals surface area contributed by atoms with Crippen LogP contribution in [-0.2, 0) is 11.2 Å². The summed E-state index contributed by atoms with van der Waals surface area (Å²) in [5.41, 5.74) is 1.58. The second-order valence-electron chi connectivity index (χ2n) is 5.24. The highest BCUT2D eigenvalue weighted by molar-refractivity contribution is 5.96. The number of carboxylic acids is 1. The normalized spacial score (nSPS) is 10.8. The topological polar surface area (TPSA) is 79.5 Å².